The largest absolute Gasteiger partial charge is 0.457 e. The second-order valence-electron chi connectivity index (χ2n) is 9.55. The molecule has 0 atom stereocenters. The number of carbonyl (C=O) groups is 2. The minimum absolute atomic E-state index is 0.109. The number of likely N-dealkylation sites (tertiary alicyclic amines) is 1. The lowest BCUT2D eigenvalue weighted by molar-refractivity contribution is -0.137. The van der Waals surface area contributed by atoms with E-state index in [1.807, 2.05) is 24.3 Å². The van der Waals surface area contributed by atoms with Gasteiger partial charge in [0.05, 0.1) is 5.56 Å². The molecular weight excluding hydrogens is 523 g/mol. The van der Waals surface area contributed by atoms with Crippen molar-refractivity contribution in [2.75, 3.05) is 18.4 Å². The highest BCUT2D eigenvalue weighted by Gasteiger charge is 2.30. The van der Waals surface area contributed by atoms with Gasteiger partial charge in [-0.2, -0.15) is 13.2 Å². The lowest BCUT2D eigenvalue weighted by Gasteiger charge is -2.32. The summed E-state index contributed by atoms with van der Waals surface area (Å²) in [5.74, 6) is 1.07. The third-order valence-electron chi connectivity index (χ3n) is 6.90. The Morgan fingerprint density at radius 1 is 0.925 bits per heavy atom. The van der Waals surface area contributed by atoms with E-state index in [4.69, 9.17) is 9.15 Å². The summed E-state index contributed by atoms with van der Waals surface area (Å²) in [6.45, 7) is 2.99. The summed E-state index contributed by atoms with van der Waals surface area (Å²) < 4.78 is 48.9. The van der Waals surface area contributed by atoms with Crippen LogP contribution in [-0.4, -0.2) is 34.8 Å². The number of oxazole rings is 1. The molecular formula is C30H26F3N3O4. The molecule has 0 radical (unpaired) electrons. The molecule has 4 aromatic rings. The van der Waals surface area contributed by atoms with Gasteiger partial charge in [-0.1, -0.05) is 12.1 Å². The van der Waals surface area contributed by atoms with E-state index in [1.54, 1.807) is 36.1 Å². The number of alkyl halides is 3. The van der Waals surface area contributed by atoms with Crippen LogP contribution in [0.3, 0.4) is 0 Å². The molecule has 1 saturated heterocycles. The van der Waals surface area contributed by atoms with E-state index in [-0.39, 0.29) is 17.6 Å². The highest BCUT2D eigenvalue weighted by Crippen LogP contribution is 2.32. The summed E-state index contributed by atoms with van der Waals surface area (Å²) in [7, 11) is 0. The van der Waals surface area contributed by atoms with Gasteiger partial charge in [0, 0.05) is 24.3 Å². The molecule has 1 fully saturated rings. The molecule has 0 saturated carbocycles. The molecule has 1 aliphatic heterocycles. The number of anilines is 1. The predicted octanol–water partition coefficient (Wildman–Crippen LogP) is 7.07. The Morgan fingerprint density at radius 3 is 2.08 bits per heavy atom. The number of benzene rings is 3. The normalized spacial score (nSPS) is 14.2. The average Bonchev–Trinajstić information content (AvgIpc) is 3.39. The van der Waals surface area contributed by atoms with Crippen LogP contribution in [0.5, 0.6) is 11.5 Å². The number of nitrogens with one attached hydrogen (secondary N) is 1. The van der Waals surface area contributed by atoms with Gasteiger partial charge in [-0.15, -0.1) is 0 Å². The van der Waals surface area contributed by atoms with Crippen LogP contribution < -0.4 is 10.1 Å². The molecule has 206 valence electrons. The highest BCUT2D eigenvalue weighted by atomic mass is 19.4. The van der Waals surface area contributed by atoms with Gasteiger partial charge in [-0.3, -0.25) is 9.59 Å². The number of halogens is 3. The first-order valence-electron chi connectivity index (χ1n) is 12.7. The second-order valence-corrected chi connectivity index (χ2v) is 9.55. The van der Waals surface area contributed by atoms with Gasteiger partial charge in [0.2, 0.25) is 0 Å². The Bertz CT molecular complexity index is 1470. The van der Waals surface area contributed by atoms with Crippen molar-refractivity contribution in [3.8, 4) is 11.5 Å². The van der Waals surface area contributed by atoms with Gasteiger partial charge < -0.3 is 19.4 Å². The van der Waals surface area contributed by atoms with Crippen molar-refractivity contribution >= 4 is 17.5 Å². The van der Waals surface area contributed by atoms with Crippen molar-refractivity contribution in [3.63, 3.8) is 0 Å². The summed E-state index contributed by atoms with van der Waals surface area (Å²) in [6.07, 6.45) is -1.47. The molecule has 1 aromatic heterocycles. The fourth-order valence-corrected chi connectivity index (χ4v) is 4.64. The van der Waals surface area contributed by atoms with E-state index in [0.717, 1.165) is 30.5 Å². The average molecular weight is 550 g/mol. The maximum absolute atomic E-state index is 12.7. The smallest absolute Gasteiger partial charge is 0.416 e. The van der Waals surface area contributed by atoms with Gasteiger partial charge in [0.15, 0.2) is 12.1 Å². The maximum atomic E-state index is 12.7. The number of rotatable bonds is 6. The van der Waals surface area contributed by atoms with Crippen molar-refractivity contribution in [1.82, 2.24) is 9.88 Å². The minimum atomic E-state index is -4.41. The number of amides is 2. The van der Waals surface area contributed by atoms with Crippen LogP contribution >= 0.6 is 0 Å². The SMILES string of the molecule is Cc1ocnc1C(=O)N1CCC(c2ccc(NC(=O)c3ccc(Oc4ccc(C(F)(F)F)cc4)cc3)cc2)CC1. The van der Waals surface area contributed by atoms with Crippen molar-refractivity contribution in [1.29, 1.82) is 0 Å². The Balaban J connectivity index is 1.12. The summed E-state index contributed by atoms with van der Waals surface area (Å²) in [4.78, 5) is 31.2. The van der Waals surface area contributed by atoms with E-state index in [2.05, 4.69) is 10.3 Å². The van der Waals surface area contributed by atoms with E-state index in [9.17, 15) is 22.8 Å². The van der Waals surface area contributed by atoms with Crippen LogP contribution in [0.4, 0.5) is 18.9 Å². The fraction of sp³-hybridized carbons (Fsp3) is 0.233. The molecule has 3 aromatic carbocycles. The van der Waals surface area contributed by atoms with E-state index in [0.29, 0.717) is 47.5 Å². The van der Waals surface area contributed by atoms with Gasteiger partial charge >= 0.3 is 6.18 Å². The molecule has 2 amide bonds. The second kappa shape index (κ2) is 11.3. The first kappa shape index (κ1) is 27.0. The Labute approximate surface area is 228 Å². The van der Waals surface area contributed by atoms with Crippen LogP contribution in [0.15, 0.2) is 83.6 Å². The first-order chi connectivity index (χ1) is 19.2. The number of hydrogen-bond acceptors (Lipinski definition) is 5. The lowest BCUT2D eigenvalue weighted by Crippen LogP contribution is -2.38. The molecule has 0 unspecified atom stereocenters. The number of hydrogen-bond donors (Lipinski definition) is 1. The summed E-state index contributed by atoms with van der Waals surface area (Å²) in [5, 5.41) is 2.87. The molecule has 1 aliphatic rings. The number of nitrogens with zero attached hydrogens (tertiary/aromatic N) is 2. The van der Waals surface area contributed by atoms with Crippen LogP contribution in [0.1, 0.15) is 56.5 Å². The first-order valence-corrected chi connectivity index (χ1v) is 12.7. The lowest BCUT2D eigenvalue weighted by atomic mass is 9.89. The number of aromatic nitrogens is 1. The number of ether oxygens (including phenoxy) is 1. The summed E-state index contributed by atoms with van der Waals surface area (Å²) in [6, 6.07) is 18.4. The molecule has 2 heterocycles. The molecule has 1 N–H and O–H groups in total. The van der Waals surface area contributed by atoms with Gasteiger partial charge in [-0.05, 0) is 91.9 Å². The van der Waals surface area contributed by atoms with Gasteiger partial charge in [0.1, 0.15) is 17.3 Å². The van der Waals surface area contributed by atoms with E-state index >= 15 is 0 Å². The van der Waals surface area contributed by atoms with Crippen LogP contribution in [0.25, 0.3) is 0 Å². The topological polar surface area (TPSA) is 84.7 Å². The van der Waals surface area contributed by atoms with Crippen molar-refractivity contribution in [2.24, 2.45) is 0 Å². The van der Waals surface area contributed by atoms with E-state index < -0.39 is 11.7 Å². The Hall–Kier alpha value is -4.60. The minimum Gasteiger partial charge on any atom is -0.457 e. The van der Waals surface area contributed by atoms with E-state index in [1.165, 1.54) is 18.5 Å². The standard InChI is InChI=1S/C30H26F3N3O4/c1-19-27(34-18-39-19)29(38)36-16-14-21(15-17-36)20-2-8-24(9-3-20)35-28(37)22-4-10-25(11-5-22)40-26-12-6-23(7-13-26)30(31,32)33/h2-13,18,21H,14-17H2,1H3,(H,35,37). The molecule has 0 spiro atoms. The Morgan fingerprint density at radius 2 is 1.52 bits per heavy atom. The zero-order valence-electron chi connectivity index (χ0n) is 21.6. The van der Waals surface area contributed by atoms with Gasteiger partial charge in [-0.25, -0.2) is 4.98 Å². The van der Waals surface area contributed by atoms with Crippen molar-refractivity contribution in [2.45, 2.75) is 31.9 Å². The van der Waals surface area contributed by atoms with Crippen LogP contribution in [0.2, 0.25) is 0 Å². The molecule has 5 rings (SSSR count). The summed E-state index contributed by atoms with van der Waals surface area (Å²) >= 11 is 0. The monoisotopic (exact) mass is 549 g/mol. The molecule has 10 heteroatoms. The number of carbonyl (C=O) groups excluding carboxylic acids is 2. The molecule has 0 aliphatic carbocycles. The molecule has 40 heavy (non-hydrogen) atoms. The number of aryl methyl sites for hydroxylation is 1. The van der Waals surface area contributed by atoms with Crippen LogP contribution in [-0.2, 0) is 6.18 Å². The highest BCUT2D eigenvalue weighted by molar-refractivity contribution is 6.04. The fourth-order valence-electron chi connectivity index (χ4n) is 4.64. The Kier molecular flexibility index (Phi) is 7.59. The van der Waals surface area contributed by atoms with Crippen LogP contribution in [0, 0.1) is 6.92 Å². The van der Waals surface area contributed by atoms with Crippen molar-refractivity contribution in [3.05, 3.63) is 107 Å². The quantitative estimate of drug-likeness (QED) is 0.278. The maximum Gasteiger partial charge on any atom is 0.416 e. The predicted molar refractivity (Wildman–Crippen MR) is 141 cm³/mol. The van der Waals surface area contributed by atoms with Gasteiger partial charge in [0.25, 0.3) is 11.8 Å². The summed E-state index contributed by atoms with van der Waals surface area (Å²) in [5.41, 5.74) is 1.81. The van der Waals surface area contributed by atoms with Crippen molar-refractivity contribution < 1.29 is 31.9 Å². The molecule has 7 nitrogen and oxygen atoms in total. The third kappa shape index (κ3) is 6.17. The number of piperidine rings is 1. The molecule has 0 bridgehead atoms. The zero-order valence-corrected chi connectivity index (χ0v) is 21.6. The zero-order chi connectivity index (χ0) is 28.3. The third-order valence-corrected chi connectivity index (χ3v) is 6.90.